The van der Waals surface area contributed by atoms with E-state index >= 15 is 0 Å². The van der Waals surface area contributed by atoms with Crippen LogP contribution in [0.5, 0.6) is 5.75 Å². The maximum absolute atomic E-state index is 12.6. The van der Waals surface area contributed by atoms with Crippen LogP contribution in [0.15, 0.2) is 30.7 Å². The maximum atomic E-state index is 12.6. The first kappa shape index (κ1) is 19.9. The Morgan fingerprint density at radius 1 is 1.21 bits per heavy atom. The molecule has 2 fully saturated rings. The Kier molecular flexibility index (Phi) is 6.13. The average molecular weight is 401 g/mol. The Hall–Kier alpha value is -2.41. The van der Waals surface area contributed by atoms with E-state index in [4.69, 9.17) is 4.74 Å². The minimum absolute atomic E-state index is 0.0745. The minimum Gasteiger partial charge on any atom is -0.491 e. The van der Waals surface area contributed by atoms with Gasteiger partial charge in [0.05, 0.1) is 30.9 Å². The molecule has 1 amide bonds. The fraction of sp³-hybridized carbons (Fsp3) is 0.545. The van der Waals surface area contributed by atoms with Crippen molar-refractivity contribution in [2.75, 3.05) is 6.61 Å². The van der Waals surface area contributed by atoms with Gasteiger partial charge in [-0.3, -0.25) is 4.79 Å². The number of carbonyl (C=O) groups is 1. The van der Waals surface area contributed by atoms with Crippen LogP contribution in [0.1, 0.15) is 55.3 Å². The number of aromatic nitrogens is 2. The number of aliphatic hydroxyl groups is 1. The van der Waals surface area contributed by atoms with Gasteiger partial charge in [0.2, 0.25) is 0 Å². The molecule has 0 unspecified atom stereocenters. The molecule has 5 rings (SSSR count). The third kappa shape index (κ3) is 4.78. The highest BCUT2D eigenvalue weighted by atomic mass is 19.1. The van der Waals surface area contributed by atoms with Gasteiger partial charge in [-0.1, -0.05) is 0 Å². The summed E-state index contributed by atoms with van der Waals surface area (Å²) in [5, 5.41) is 12.7. The van der Waals surface area contributed by atoms with E-state index in [0.717, 1.165) is 68.5 Å². The van der Waals surface area contributed by atoms with Crippen molar-refractivity contribution in [3.05, 3.63) is 36.3 Å². The summed E-state index contributed by atoms with van der Waals surface area (Å²) in [4.78, 5) is 16.8. The summed E-state index contributed by atoms with van der Waals surface area (Å²) in [7, 11) is 0. The number of halogens is 1. The largest absolute Gasteiger partial charge is 0.491 e. The molecule has 7 heteroatoms. The normalized spacial score (nSPS) is 23.2. The van der Waals surface area contributed by atoms with Gasteiger partial charge in [0.15, 0.2) is 0 Å². The van der Waals surface area contributed by atoms with E-state index in [9.17, 15) is 14.3 Å². The molecule has 1 aromatic heterocycles. The molecular formula is C22H28FN3O3. The van der Waals surface area contributed by atoms with Gasteiger partial charge in [0, 0.05) is 17.2 Å². The van der Waals surface area contributed by atoms with Gasteiger partial charge in [-0.25, -0.2) is 9.37 Å². The van der Waals surface area contributed by atoms with Crippen LogP contribution >= 0.6 is 0 Å². The van der Waals surface area contributed by atoms with Crippen LogP contribution in [-0.4, -0.2) is 45.5 Å². The van der Waals surface area contributed by atoms with Crippen molar-refractivity contribution >= 4 is 5.91 Å². The lowest BCUT2D eigenvalue weighted by molar-refractivity contribution is 0.0867. The van der Waals surface area contributed by atoms with E-state index in [1.165, 1.54) is 0 Å². The fourth-order valence-electron chi connectivity index (χ4n) is 3.82. The van der Waals surface area contributed by atoms with E-state index in [2.05, 4.69) is 10.3 Å². The molecule has 2 aromatic rings. The topological polar surface area (TPSA) is 76.4 Å². The first-order valence-electron chi connectivity index (χ1n) is 10.5. The molecule has 0 bridgehead atoms. The van der Waals surface area contributed by atoms with Crippen LogP contribution in [0.2, 0.25) is 0 Å². The number of ether oxygens (including phenoxy) is 1. The van der Waals surface area contributed by atoms with Gasteiger partial charge in [0.1, 0.15) is 18.5 Å². The van der Waals surface area contributed by atoms with Crippen LogP contribution in [0.3, 0.4) is 0 Å². The maximum Gasteiger partial charge on any atom is 0.251 e. The number of nitrogens with zero attached hydrogens (tertiary/aromatic N) is 2. The van der Waals surface area contributed by atoms with Gasteiger partial charge < -0.3 is 19.7 Å². The van der Waals surface area contributed by atoms with Gasteiger partial charge in [-0.05, 0) is 63.1 Å². The Morgan fingerprint density at radius 3 is 2.66 bits per heavy atom. The quantitative estimate of drug-likeness (QED) is 0.808. The van der Waals surface area contributed by atoms with Crippen LogP contribution in [0, 0.1) is 0 Å². The molecule has 0 saturated heterocycles. The van der Waals surface area contributed by atoms with Crippen molar-refractivity contribution in [1.82, 2.24) is 14.9 Å². The summed E-state index contributed by atoms with van der Waals surface area (Å²) in [5.41, 5.74) is 2.49. The van der Waals surface area contributed by atoms with Crippen molar-refractivity contribution in [2.24, 2.45) is 0 Å². The molecule has 29 heavy (non-hydrogen) atoms. The van der Waals surface area contributed by atoms with Crippen molar-refractivity contribution < 1.29 is 19.0 Å². The second-order valence-electron chi connectivity index (χ2n) is 8.04. The highest BCUT2D eigenvalue weighted by Crippen LogP contribution is 2.33. The zero-order valence-corrected chi connectivity index (χ0v) is 16.5. The Labute approximate surface area is 170 Å². The number of hydrogen-bond acceptors (Lipinski definition) is 4. The van der Waals surface area contributed by atoms with Gasteiger partial charge in [-0.2, -0.15) is 0 Å². The zero-order valence-electron chi connectivity index (χ0n) is 16.5. The number of benzene rings is 1. The van der Waals surface area contributed by atoms with Crippen LogP contribution in [-0.2, 0) is 6.54 Å². The highest BCUT2D eigenvalue weighted by Gasteiger charge is 2.23. The number of alkyl halides is 1. The van der Waals surface area contributed by atoms with E-state index in [0.29, 0.717) is 12.2 Å². The van der Waals surface area contributed by atoms with E-state index in [1.807, 2.05) is 16.7 Å². The number of nitrogens with one attached hydrogen (secondary N) is 1. The number of fused-ring (bicyclic) bond motifs is 3. The molecule has 2 N–H and O–H groups in total. The Balaban J connectivity index is 0.000000359. The predicted octanol–water partition coefficient (Wildman–Crippen LogP) is 3.48. The molecule has 0 radical (unpaired) electrons. The summed E-state index contributed by atoms with van der Waals surface area (Å²) in [6, 6.07) is 5.68. The second-order valence-corrected chi connectivity index (χ2v) is 8.04. The van der Waals surface area contributed by atoms with Crippen LogP contribution < -0.4 is 10.1 Å². The van der Waals surface area contributed by atoms with Crippen molar-refractivity contribution in [3.63, 3.8) is 0 Å². The van der Waals surface area contributed by atoms with Crippen molar-refractivity contribution in [2.45, 2.75) is 69.8 Å². The first-order chi connectivity index (χ1) is 14.1. The number of aliphatic hydroxyl groups excluding tert-OH is 1. The summed E-state index contributed by atoms with van der Waals surface area (Å²) in [5.74, 6) is 0.709. The van der Waals surface area contributed by atoms with Crippen LogP contribution in [0.25, 0.3) is 11.3 Å². The fourth-order valence-corrected chi connectivity index (χ4v) is 3.82. The average Bonchev–Trinajstić information content (AvgIpc) is 3.10. The molecule has 1 aliphatic heterocycles. The van der Waals surface area contributed by atoms with E-state index < -0.39 is 6.17 Å². The lowest BCUT2D eigenvalue weighted by Gasteiger charge is -2.26. The number of hydrogen-bond donors (Lipinski definition) is 2. The molecule has 2 saturated carbocycles. The standard InChI is InChI=1S/C18H21N3O3.C4H7F/c22-14-4-2-13(3-5-14)20-18(23)12-1-6-17-15(9-12)16-10-19-11-21(16)7-8-24-17;5-4-2-1-3-4/h1,6,9-11,13-14,22H,2-5,7-8H2,(H,20,23);4H,1-3H2. The van der Waals surface area contributed by atoms with Gasteiger partial charge in [0.25, 0.3) is 5.91 Å². The molecule has 6 nitrogen and oxygen atoms in total. The van der Waals surface area contributed by atoms with Gasteiger partial charge >= 0.3 is 0 Å². The van der Waals surface area contributed by atoms with Crippen LogP contribution in [0.4, 0.5) is 4.39 Å². The SMILES string of the molecule is FC1CCC1.O=C(NC1CCC(O)CC1)c1ccc2c(c1)-c1cncn1CCO2. The summed E-state index contributed by atoms with van der Waals surface area (Å²) < 4.78 is 19.3. The summed E-state index contributed by atoms with van der Waals surface area (Å²) in [6.07, 6.45) is 8.84. The smallest absolute Gasteiger partial charge is 0.251 e. The van der Waals surface area contributed by atoms with E-state index in [1.54, 1.807) is 18.6 Å². The third-order valence-corrected chi connectivity index (χ3v) is 5.89. The summed E-state index contributed by atoms with van der Waals surface area (Å²) in [6.45, 7) is 1.34. The minimum atomic E-state index is -0.435. The molecule has 0 spiro atoms. The van der Waals surface area contributed by atoms with Crippen molar-refractivity contribution in [1.29, 1.82) is 0 Å². The lowest BCUT2D eigenvalue weighted by atomic mass is 9.93. The first-order valence-corrected chi connectivity index (χ1v) is 10.5. The predicted molar refractivity (Wildman–Crippen MR) is 108 cm³/mol. The molecule has 1 aromatic carbocycles. The number of imidazole rings is 1. The molecular weight excluding hydrogens is 373 g/mol. The molecule has 0 atom stereocenters. The lowest BCUT2D eigenvalue weighted by Crippen LogP contribution is -2.38. The van der Waals surface area contributed by atoms with Gasteiger partial charge in [-0.15, -0.1) is 0 Å². The molecule has 2 aliphatic carbocycles. The number of rotatable bonds is 2. The Bertz CT molecular complexity index is 842. The second kappa shape index (κ2) is 8.95. The highest BCUT2D eigenvalue weighted by molar-refractivity contribution is 5.96. The third-order valence-electron chi connectivity index (χ3n) is 5.89. The summed E-state index contributed by atoms with van der Waals surface area (Å²) >= 11 is 0. The molecule has 156 valence electrons. The number of amides is 1. The monoisotopic (exact) mass is 401 g/mol. The van der Waals surface area contributed by atoms with E-state index in [-0.39, 0.29) is 18.1 Å². The zero-order chi connectivity index (χ0) is 20.2. The molecule has 3 aliphatic rings. The number of carbonyl (C=O) groups excluding carboxylic acids is 1. The van der Waals surface area contributed by atoms with Crippen molar-refractivity contribution in [3.8, 4) is 17.0 Å². The molecule has 2 heterocycles. The Morgan fingerprint density at radius 2 is 1.97 bits per heavy atom.